The average molecular weight is 363 g/mol. The SMILES string of the molecule is CC(C)N(C(C)C)C(OP(=O)(O)O)(c1ccccc1)c1ccccc1. The molecule has 0 fully saturated rings. The topological polar surface area (TPSA) is 70.0 Å². The van der Waals surface area contributed by atoms with Crippen molar-refractivity contribution in [2.45, 2.75) is 45.5 Å². The number of nitrogens with zero attached hydrogens (tertiary/aromatic N) is 1. The Morgan fingerprint density at radius 3 is 1.48 bits per heavy atom. The fraction of sp³-hybridized carbons (Fsp3) is 0.368. The summed E-state index contributed by atoms with van der Waals surface area (Å²) in [6.45, 7) is 7.96. The summed E-state index contributed by atoms with van der Waals surface area (Å²) in [5.41, 5.74) is -0.0528. The van der Waals surface area contributed by atoms with Crippen molar-refractivity contribution >= 4 is 7.82 Å². The molecule has 0 aromatic heterocycles. The van der Waals surface area contributed by atoms with Gasteiger partial charge in [-0.2, -0.15) is 0 Å². The smallest absolute Gasteiger partial charge is 0.303 e. The number of hydrogen-bond donors (Lipinski definition) is 2. The zero-order valence-electron chi connectivity index (χ0n) is 15.0. The second-order valence-electron chi connectivity index (χ2n) is 6.55. The van der Waals surface area contributed by atoms with Crippen LogP contribution in [0.1, 0.15) is 38.8 Å². The minimum atomic E-state index is -4.79. The van der Waals surface area contributed by atoms with Crippen LogP contribution < -0.4 is 0 Å². The van der Waals surface area contributed by atoms with Gasteiger partial charge in [0.25, 0.3) is 0 Å². The van der Waals surface area contributed by atoms with Crippen LogP contribution in [0.25, 0.3) is 0 Å². The van der Waals surface area contributed by atoms with E-state index in [1.54, 1.807) is 0 Å². The van der Waals surface area contributed by atoms with Gasteiger partial charge in [-0.1, -0.05) is 60.7 Å². The van der Waals surface area contributed by atoms with Crippen LogP contribution in [0.2, 0.25) is 0 Å². The molecule has 0 saturated heterocycles. The summed E-state index contributed by atoms with van der Waals surface area (Å²) in [5.74, 6) is 0. The molecule has 0 aliphatic carbocycles. The van der Waals surface area contributed by atoms with Gasteiger partial charge in [0.15, 0.2) is 5.72 Å². The Bertz CT molecular complexity index is 665. The van der Waals surface area contributed by atoms with Crippen LogP contribution in [0.15, 0.2) is 60.7 Å². The third-order valence-electron chi connectivity index (χ3n) is 4.06. The van der Waals surface area contributed by atoms with E-state index in [9.17, 15) is 14.4 Å². The summed E-state index contributed by atoms with van der Waals surface area (Å²) in [5, 5.41) is 0. The normalized spacial score (nSPS) is 13.0. The van der Waals surface area contributed by atoms with Crippen molar-refractivity contribution in [3.63, 3.8) is 0 Å². The molecule has 0 spiro atoms. The molecule has 0 heterocycles. The summed E-state index contributed by atoms with van der Waals surface area (Å²) in [4.78, 5) is 21.5. The van der Waals surface area contributed by atoms with Crippen LogP contribution in [0.5, 0.6) is 0 Å². The van der Waals surface area contributed by atoms with E-state index in [2.05, 4.69) is 0 Å². The zero-order valence-corrected chi connectivity index (χ0v) is 15.9. The molecule has 2 N–H and O–H groups in total. The predicted molar refractivity (Wildman–Crippen MR) is 98.9 cm³/mol. The van der Waals surface area contributed by atoms with Crippen molar-refractivity contribution in [1.29, 1.82) is 0 Å². The maximum atomic E-state index is 12.0. The van der Waals surface area contributed by atoms with Crippen LogP contribution >= 0.6 is 7.82 Å². The first-order valence-electron chi connectivity index (χ1n) is 8.34. The van der Waals surface area contributed by atoms with Crippen molar-refractivity contribution in [1.82, 2.24) is 4.90 Å². The summed E-state index contributed by atoms with van der Waals surface area (Å²) >= 11 is 0. The Kier molecular flexibility index (Phi) is 6.20. The van der Waals surface area contributed by atoms with Crippen molar-refractivity contribution in [2.24, 2.45) is 0 Å². The monoisotopic (exact) mass is 363 g/mol. The minimum Gasteiger partial charge on any atom is -0.303 e. The molecule has 25 heavy (non-hydrogen) atoms. The lowest BCUT2D eigenvalue weighted by Crippen LogP contribution is -2.55. The molecule has 2 aromatic carbocycles. The second-order valence-corrected chi connectivity index (χ2v) is 7.72. The first kappa shape index (κ1) is 19.8. The first-order chi connectivity index (χ1) is 11.7. The van der Waals surface area contributed by atoms with Gasteiger partial charge in [0.2, 0.25) is 0 Å². The third-order valence-corrected chi connectivity index (χ3v) is 4.56. The molecule has 0 aliphatic heterocycles. The van der Waals surface area contributed by atoms with Gasteiger partial charge in [-0.05, 0) is 27.7 Å². The summed E-state index contributed by atoms with van der Waals surface area (Å²) < 4.78 is 17.6. The Labute approximate surface area is 149 Å². The molecule has 0 atom stereocenters. The van der Waals surface area contributed by atoms with Gasteiger partial charge in [-0.25, -0.2) is 4.57 Å². The van der Waals surface area contributed by atoms with Crippen molar-refractivity contribution in [3.05, 3.63) is 71.8 Å². The number of phosphoric acid groups is 1. The van der Waals surface area contributed by atoms with Crippen LogP contribution in [-0.2, 0) is 14.8 Å². The molecule has 6 heteroatoms. The lowest BCUT2D eigenvalue weighted by molar-refractivity contribution is -0.107. The molecule has 0 aliphatic rings. The first-order valence-corrected chi connectivity index (χ1v) is 9.87. The molecule has 2 aromatic rings. The number of rotatable bonds is 7. The van der Waals surface area contributed by atoms with Crippen LogP contribution in [0.4, 0.5) is 0 Å². The van der Waals surface area contributed by atoms with Gasteiger partial charge in [0.1, 0.15) is 0 Å². The second kappa shape index (κ2) is 7.81. The van der Waals surface area contributed by atoms with Crippen LogP contribution in [0.3, 0.4) is 0 Å². The van der Waals surface area contributed by atoms with Crippen molar-refractivity contribution in [2.75, 3.05) is 0 Å². The highest BCUT2D eigenvalue weighted by Gasteiger charge is 2.48. The van der Waals surface area contributed by atoms with E-state index in [0.717, 1.165) is 0 Å². The summed E-state index contributed by atoms with van der Waals surface area (Å²) in [7, 11) is -4.79. The number of hydrogen-bond acceptors (Lipinski definition) is 3. The van der Waals surface area contributed by atoms with E-state index in [-0.39, 0.29) is 12.1 Å². The lowest BCUT2D eigenvalue weighted by Gasteiger charge is -2.48. The molecule has 0 amide bonds. The fourth-order valence-corrected chi connectivity index (χ4v) is 4.09. The van der Waals surface area contributed by atoms with Crippen LogP contribution in [0, 0.1) is 0 Å². The van der Waals surface area contributed by atoms with Gasteiger partial charge >= 0.3 is 7.82 Å². The highest BCUT2D eigenvalue weighted by Crippen LogP contribution is 2.51. The van der Waals surface area contributed by atoms with E-state index in [4.69, 9.17) is 4.52 Å². The molecule has 0 bridgehead atoms. The molecular weight excluding hydrogens is 337 g/mol. The molecule has 2 rings (SSSR count). The van der Waals surface area contributed by atoms with Gasteiger partial charge in [-0.15, -0.1) is 0 Å². The minimum absolute atomic E-state index is 0.0213. The van der Waals surface area contributed by atoms with Gasteiger partial charge in [0, 0.05) is 23.2 Å². The maximum Gasteiger partial charge on any atom is 0.471 e. The number of phosphoric ester groups is 1. The Balaban J connectivity index is 2.85. The standard InChI is InChI=1S/C19H26NO4P/c1-15(2)20(16(3)4)19(24-25(21,22)23,17-11-7-5-8-12-17)18-13-9-6-10-14-18/h5-16H,1-4H3,(H2,21,22,23). The molecule has 0 radical (unpaired) electrons. The molecule has 0 saturated carbocycles. The molecule has 0 unspecified atom stereocenters. The van der Waals surface area contributed by atoms with E-state index in [1.165, 1.54) is 0 Å². The maximum absolute atomic E-state index is 12.0. The van der Waals surface area contributed by atoms with Gasteiger partial charge < -0.3 is 9.79 Å². The molecular formula is C19H26NO4P. The number of benzene rings is 2. The van der Waals surface area contributed by atoms with E-state index in [0.29, 0.717) is 11.1 Å². The summed E-state index contributed by atoms with van der Waals surface area (Å²) in [6, 6.07) is 18.4. The predicted octanol–water partition coefficient (Wildman–Crippen LogP) is 4.12. The van der Waals surface area contributed by atoms with Crippen LogP contribution in [-0.4, -0.2) is 26.8 Å². The lowest BCUT2D eigenvalue weighted by atomic mass is 9.90. The van der Waals surface area contributed by atoms with Crippen molar-refractivity contribution in [3.8, 4) is 0 Å². The summed E-state index contributed by atoms with van der Waals surface area (Å²) in [6.07, 6.45) is 0. The zero-order chi connectivity index (χ0) is 18.7. The van der Waals surface area contributed by atoms with Gasteiger partial charge in [-0.3, -0.25) is 9.42 Å². The molecule has 136 valence electrons. The van der Waals surface area contributed by atoms with Gasteiger partial charge in [0.05, 0.1) is 0 Å². The Hall–Kier alpha value is -1.49. The highest BCUT2D eigenvalue weighted by atomic mass is 31.2. The average Bonchev–Trinajstić information content (AvgIpc) is 2.53. The van der Waals surface area contributed by atoms with E-state index in [1.807, 2.05) is 93.3 Å². The molecule has 5 nitrogen and oxygen atoms in total. The Morgan fingerprint density at radius 1 is 0.840 bits per heavy atom. The highest BCUT2D eigenvalue weighted by molar-refractivity contribution is 7.46. The van der Waals surface area contributed by atoms with E-state index >= 15 is 0 Å². The van der Waals surface area contributed by atoms with E-state index < -0.39 is 13.5 Å². The quantitative estimate of drug-likeness (QED) is 0.572. The largest absolute Gasteiger partial charge is 0.471 e. The fourth-order valence-electron chi connectivity index (χ4n) is 3.44. The van der Waals surface area contributed by atoms with Crippen molar-refractivity contribution < 1.29 is 18.9 Å². The third kappa shape index (κ3) is 4.38. The Morgan fingerprint density at radius 2 is 1.20 bits per heavy atom.